The number of hydrogen-bond acceptors (Lipinski definition) is 3. The fraction of sp³-hybridized carbons (Fsp3) is 0.364. The topological polar surface area (TPSA) is 67.2 Å². The summed E-state index contributed by atoms with van der Waals surface area (Å²) in [5, 5.41) is 5.52. The van der Waals surface area contributed by atoms with Crippen LogP contribution in [0.2, 0.25) is 0 Å². The average Bonchev–Trinajstić information content (AvgIpc) is 2.29. The number of nitrogens with two attached hydrogens (primary N) is 1. The summed E-state index contributed by atoms with van der Waals surface area (Å²) in [5.74, 6) is -0.485. The van der Waals surface area contributed by atoms with Crippen molar-refractivity contribution in [2.75, 3.05) is 24.1 Å². The van der Waals surface area contributed by atoms with Crippen LogP contribution in [-0.2, 0) is 4.79 Å². The molecule has 0 fully saturated rings. The third-order valence-corrected chi connectivity index (χ3v) is 2.93. The lowest BCUT2D eigenvalue weighted by Crippen LogP contribution is -2.30. The number of benzene rings is 1. The number of halogens is 2. The lowest BCUT2D eigenvalue weighted by atomic mass is 10.2. The van der Waals surface area contributed by atoms with Crippen molar-refractivity contribution in [3.63, 3.8) is 0 Å². The van der Waals surface area contributed by atoms with E-state index in [1.807, 2.05) is 29.5 Å². The highest BCUT2D eigenvalue weighted by molar-refractivity contribution is 14.1. The van der Waals surface area contributed by atoms with Crippen LogP contribution in [0.25, 0.3) is 0 Å². The van der Waals surface area contributed by atoms with Crippen molar-refractivity contribution >= 4 is 39.9 Å². The molecule has 17 heavy (non-hydrogen) atoms. The second-order valence-electron chi connectivity index (χ2n) is 3.56. The van der Waals surface area contributed by atoms with Crippen molar-refractivity contribution in [2.45, 2.75) is 13.3 Å². The summed E-state index contributed by atoms with van der Waals surface area (Å²) >= 11 is 1.86. The van der Waals surface area contributed by atoms with Crippen LogP contribution in [0.5, 0.6) is 0 Å². The third kappa shape index (κ3) is 4.37. The third-order valence-electron chi connectivity index (χ3n) is 2.10. The first-order chi connectivity index (χ1) is 8.04. The van der Waals surface area contributed by atoms with Crippen molar-refractivity contribution in [3.05, 3.63) is 21.5 Å². The minimum atomic E-state index is -0.351. The minimum Gasteiger partial charge on any atom is -0.397 e. The Bertz CT molecular complexity index is 412. The summed E-state index contributed by atoms with van der Waals surface area (Å²) < 4.78 is 13.7. The molecule has 1 rings (SSSR count). The van der Waals surface area contributed by atoms with Crippen LogP contribution in [-0.4, -0.2) is 19.0 Å². The normalized spacial score (nSPS) is 10.1. The van der Waals surface area contributed by atoms with Crippen LogP contribution in [0.1, 0.15) is 13.3 Å². The molecule has 0 spiro atoms. The van der Waals surface area contributed by atoms with Gasteiger partial charge in [-0.2, -0.15) is 0 Å². The van der Waals surface area contributed by atoms with Gasteiger partial charge in [-0.1, -0.05) is 6.92 Å². The van der Waals surface area contributed by atoms with E-state index < -0.39 is 0 Å². The van der Waals surface area contributed by atoms with E-state index in [0.717, 1.165) is 6.42 Å². The predicted molar refractivity (Wildman–Crippen MR) is 75.3 cm³/mol. The molecule has 6 heteroatoms. The van der Waals surface area contributed by atoms with Crippen LogP contribution >= 0.6 is 22.6 Å². The van der Waals surface area contributed by atoms with Gasteiger partial charge in [0.25, 0.3) is 0 Å². The van der Waals surface area contributed by atoms with Crippen LogP contribution < -0.4 is 16.4 Å². The van der Waals surface area contributed by atoms with Gasteiger partial charge in [0.1, 0.15) is 5.82 Å². The van der Waals surface area contributed by atoms with E-state index in [1.165, 1.54) is 12.1 Å². The van der Waals surface area contributed by atoms with Gasteiger partial charge < -0.3 is 16.4 Å². The van der Waals surface area contributed by atoms with Gasteiger partial charge in [0.15, 0.2) is 0 Å². The number of carbonyl (C=O) groups is 1. The van der Waals surface area contributed by atoms with Crippen molar-refractivity contribution in [1.82, 2.24) is 5.32 Å². The minimum absolute atomic E-state index is 0.0875. The van der Waals surface area contributed by atoms with Gasteiger partial charge in [0.2, 0.25) is 5.91 Å². The zero-order chi connectivity index (χ0) is 12.8. The molecule has 0 bridgehead atoms. The second kappa shape index (κ2) is 6.63. The Balaban J connectivity index is 2.57. The van der Waals surface area contributed by atoms with Gasteiger partial charge in [-0.05, 0) is 35.1 Å². The van der Waals surface area contributed by atoms with E-state index >= 15 is 0 Å². The first kappa shape index (κ1) is 14.0. The van der Waals surface area contributed by atoms with E-state index in [1.54, 1.807) is 0 Å². The van der Waals surface area contributed by atoms with Gasteiger partial charge in [-0.15, -0.1) is 0 Å². The van der Waals surface area contributed by atoms with Crippen LogP contribution in [0, 0.1) is 9.39 Å². The van der Waals surface area contributed by atoms with Gasteiger partial charge in [-0.3, -0.25) is 4.79 Å². The molecule has 94 valence electrons. The van der Waals surface area contributed by atoms with Crippen LogP contribution in [0.15, 0.2) is 12.1 Å². The lowest BCUT2D eigenvalue weighted by molar-refractivity contribution is -0.119. The molecule has 1 amide bonds. The zero-order valence-corrected chi connectivity index (χ0v) is 11.7. The van der Waals surface area contributed by atoms with Gasteiger partial charge in [-0.25, -0.2) is 4.39 Å². The Labute approximate surface area is 113 Å². The number of amides is 1. The Kier molecular flexibility index (Phi) is 5.46. The second-order valence-corrected chi connectivity index (χ2v) is 4.72. The van der Waals surface area contributed by atoms with Gasteiger partial charge in [0, 0.05) is 12.6 Å². The highest BCUT2D eigenvalue weighted by Crippen LogP contribution is 2.23. The largest absolute Gasteiger partial charge is 0.397 e. The standard InChI is InChI=1S/C11H15FIN3O/c1-2-3-15-11(17)6-16-10-4-7(12)8(13)5-9(10)14/h4-5,16H,2-3,6,14H2,1H3,(H,15,17). The highest BCUT2D eigenvalue weighted by Gasteiger charge is 2.07. The number of carbonyl (C=O) groups excluding carboxylic acids is 1. The Morgan fingerprint density at radius 3 is 2.88 bits per heavy atom. The molecule has 4 nitrogen and oxygen atoms in total. The molecule has 4 N–H and O–H groups in total. The molecule has 1 aromatic carbocycles. The van der Waals surface area contributed by atoms with Crippen molar-refractivity contribution in [1.29, 1.82) is 0 Å². The maximum Gasteiger partial charge on any atom is 0.239 e. The van der Waals surface area contributed by atoms with E-state index in [9.17, 15) is 9.18 Å². The molecule has 0 aliphatic carbocycles. The average molecular weight is 351 g/mol. The molecular formula is C11H15FIN3O. The van der Waals surface area contributed by atoms with Crippen molar-refractivity contribution in [2.24, 2.45) is 0 Å². The van der Waals surface area contributed by atoms with E-state index in [0.29, 0.717) is 21.5 Å². The smallest absolute Gasteiger partial charge is 0.239 e. The molecule has 0 unspecified atom stereocenters. The van der Waals surface area contributed by atoms with Crippen molar-refractivity contribution in [3.8, 4) is 0 Å². The zero-order valence-electron chi connectivity index (χ0n) is 9.52. The maximum absolute atomic E-state index is 13.3. The molecule has 0 saturated heterocycles. The van der Waals surface area contributed by atoms with E-state index in [2.05, 4.69) is 10.6 Å². The molecule has 0 aliphatic rings. The van der Waals surface area contributed by atoms with Gasteiger partial charge in [0.05, 0.1) is 21.5 Å². The first-order valence-electron chi connectivity index (χ1n) is 5.29. The number of hydrogen-bond donors (Lipinski definition) is 3. The van der Waals surface area contributed by atoms with E-state index in [-0.39, 0.29) is 18.3 Å². The summed E-state index contributed by atoms with van der Waals surface area (Å²) in [6.07, 6.45) is 0.881. The number of nitrogen functional groups attached to an aromatic ring is 1. The molecule has 0 aromatic heterocycles. The van der Waals surface area contributed by atoms with Crippen molar-refractivity contribution < 1.29 is 9.18 Å². The maximum atomic E-state index is 13.3. The number of nitrogens with one attached hydrogen (secondary N) is 2. The number of rotatable bonds is 5. The summed E-state index contributed by atoms with van der Waals surface area (Å²) in [6, 6.07) is 2.83. The highest BCUT2D eigenvalue weighted by atomic mass is 127. The molecule has 0 atom stereocenters. The van der Waals surface area contributed by atoms with Gasteiger partial charge >= 0.3 is 0 Å². The fourth-order valence-corrected chi connectivity index (χ4v) is 1.71. The summed E-state index contributed by atoms with van der Waals surface area (Å²) in [7, 11) is 0. The Hall–Kier alpha value is -1.05. The number of anilines is 2. The molecule has 0 saturated carbocycles. The SMILES string of the molecule is CCCNC(=O)CNc1cc(F)c(I)cc1N. The Morgan fingerprint density at radius 1 is 1.53 bits per heavy atom. The summed E-state index contributed by atoms with van der Waals surface area (Å²) in [5.41, 5.74) is 6.58. The Morgan fingerprint density at radius 2 is 2.24 bits per heavy atom. The fourth-order valence-electron chi connectivity index (χ4n) is 1.22. The predicted octanol–water partition coefficient (Wildman–Crippen LogP) is 1.95. The lowest BCUT2D eigenvalue weighted by Gasteiger charge is -2.10. The summed E-state index contributed by atoms with van der Waals surface area (Å²) in [6.45, 7) is 2.70. The van der Waals surface area contributed by atoms with Crippen LogP contribution in [0.4, 0.5) is 15.8 Å². The summed E-state index contributed by atoms with van der Waals surface area (Å²) in [4.78, 5) is 11.3. The molecule has 0 aliphatic heterocycles. The van der Waals surface area contributed by atoms with E-state index in [4.69, 9.17) is 5.73 Å². The molecule has 0 radical (unpaired) electrons. The quantitative estimate of drug-likeness (QED) is 0.561. The van der Waals surface area contributed by atoms with Crippen LogP contribution in [0.3, 0.4) is 0 Å². The first-order valence-corrected chi connectivity index (χ1v) is 6.37. The molecule has 1 aromatic rings. The monoisotopic (exact) mass is 351 g/mol. The molecule has 0 heterocycles. The molecular weight excluding hydrogens is 336 g/mol.